The van der Waals surface area contributed by atoms with Crippen LogP contribution >= 0.6 is 0 Å². The van der Waals surface area contributed by atoms with Crippen LogP contribution in [-0.4, -0.2) is 77.6 Å². The molecular formula is C33H33F2N5O4. The molecule has 44 heavy (non-hydrogen) atoms. The Balaban J connectivity index is 0.000000296. The average Bonchev–Trinajstić information content (AvgIpc) is 3.70. The number of hydrogen-bond acceptors (Lipinski definition) is 9. The number of ether oxygens (including phenoxy) is 1. The van der Waals surface area contributed by atoms with Gasteiger partial charge in [0.15, 0.2) is 5.82 Å². The summed E-state index contributed by atoms with van der Waals surface area (Å²) in [6, 6.07) is 8.56. The monoisotopic (exact) mass is 601 g/mol. The van der Waals surface area contributed by atoms with Gasteiger partial charge < -0.3 is 24.5 Å². The van der Waals surface area contributed by atoms with Crippen LogP contribution in [0.2, 0.25) is 0 Å². The number of nitrogens with zero attached hydrogens (tertiary/aromatic N) is 4. The molecule has 2 aromatic carbocycles. The van der Waals surface area contributed by atoms with E-state index in [2.05, 4.69) is 31.0 Å². The minimum absolute atomic E-state index is 0.0116. The highest BCUT2D eigenvalue weighted by atomic mass is 19.1. The quantitative estimate of drug-likeness (QED) is 0.332. The number of halogens is 2. The largest absolute Gasteiger partial charge is 0.508 e. The molecule has 4 aromatic rings. The van der Waals surface area contributed by atoms with Gasteiger partial charge in [-0.25, -0.2) is 13.6 Å². The zero-order chi connectivity index (χ0) is 30.5. The predicted octanol–water partition coefficient (Wildman–Crippen LogP) is 4.37. The lowest BCUT2D eigenvalue weighted by atomic mass is 9.96. The molecule has 2 aromatic heterocycles. The fourth-order valence-electron chi connectivity index (χ4n) is 7.26. The number of nitrogens with one attached hydrogen (secondary N) is 1. The maximum Gasteiger partial charge on any atom is 0.349 e. The number of aromatic nitrogens is 2. The zero-order valence-electron chi connectivity index (χ0n) is 24.4. The first-order valence-electron chi connectivity index (χ1n) is 15.0. The van der Waals surface area contributed by atoms with Crippen molar-refractivity contribution in [2.45, 2.75) is 56.4 Å². The third-order valence-electron chi connectivity index (χ3n) is 9.19. The molecule has 0 aliphatic carbocycles. The van der Waals surface area contributed by atoms with E-state index in [4.69, 9.17) is 15.6 Å². The zero-order valence-corrected chi connectivity index (χ0v) is 24.4. The molecule has 8 rings (SSSR count). The Kier molecular flexibility index (Phi) is 7.34. The molecule has 4 fully saturated rings. The summed E-state index contributed by atoms with van der Waals surface area (Å²) in [5.41, 5.74) is -0.0291. The van der Waals surface area contributed by atoms with Gasteiger partial charge in [-0.3, -0.25) is 4.90 Å². The lowest BCUT2D eigenvalue weighted by molar-refractivity contribution is 0.292. The van der Waals surface area contributed by atoms with Crippen LogP contribution in [0, 0.1) is 18.2 Å². The first kappa shape index (κ1) is 28.5. The van der Waals surface area contributed by atoms with E-state index >= 15 is 0 Å². The summed E-state index contributed by atoms with van der Waals surface area (Å²) in [6.45, 7) is 3.26. The van der Waals surface area contributed by atoms with Gasteiger partial charge >= 0.3 is 11.6 Å². The summed E-state index contributed by atoms with van der Waals surface area (Å²) in [5.74, 6) is 2.25. The van der Waals surface area contributed by atoms with E-state index in [1.54, 1.807) is 6.07 Å². The number of hydrogen-bond donors (Lipinski definition) is 2. The van der Waals surface area contributed by atoms with Crippen LogP contribution in [0.1, 0.15) is 37.7 Å². The summed E-state index contributed by atoms with van der Waals surface area (Å²) < 4.78 is 38.2. The van der Waals surface area contributed by atoms with E-state index in [9.17, 15) is 18.7 Å². The highest BCUT2D eigenvalue weighted by Gasteiger charge is 2.35. The lowest BCUT2D eigenvalue weighted by Crippen LogP contribution is -2.51. The highest BCUT2D eigenvalue weighted by Crippen LogP contribution is 2.37. The lowest BCUT2D eigenvalue weighted by Gasteiger charge is -2.34. The molecule has 0 saturated carbocycles. The standard InChI is InChI=1S/C26H21FN4O4.C7H12FN/c1-3-17-19(27)7-4-13-8-16(32)9-18(22(13)17)21-10-20-23(25(33)35-21)24(30-26(29-20)34-2)31-11-14-5-6-15(12-31)28-14;8-6-4-7-2-1-3-9(7)5-6/h1,4,7-10,14-15,28,32H,5-6,11-12H2,2H3;6-7H,1-5H2. The first-order valence-corrected chi connectivity index (χ1v) is 15.0. The molecule has 4 aliphatic heterocycles. The number of rotatable bonds is 3. The van der Waals surface area contributed by atoms with Crippen molar-refractivity contribution >= 4 is 27.5 Å². The molecule has 2 N–H and O–H groups in total. The Morgan fingerprint density at radius 2 is 1.91 bits per heavy atom. The van der Waals surface area contributed by atoms with E-state index in [1.165, 1.54) is 44.2 Å². The fraction of sp³-hybridized carbons (Fsp3) is 0.424. The second-order valence-corrected chi connectivity index (χ2v) is 12.0. The third kappa shape index (κ3) is 5.12. The van der Waals surface area contributed by atoms with Gasteiger partial charge in [-0.2, -0.15) is 9.97 Å². The van der Waals surface area contributed by atoms with Crippen molar-refractivity contribution < 1.29 is 23.0 Å². The molecule has 11 heteroatoms. The Labute approximate surface area is 252 Å². The molecule has 2 bridgehead atoms. The second-order valence-electron chi connectivity index (χ2n) is 12.0. The average molecular weight is 602 g/mol. The van der Waals surface area contributed by atoms with Crippen molar-refractivity contribution in [3.05, 3.63) is 52.1 Å². The maximum absolute atomic E-state index is 14.5. The van der Waals surface area contributed by atoms with Crippen LogP contribution in [-0.2, 0) is 0 Å². The third-order valence-corrected chi connectivity index (χ3v) is 9.19. The Bertz CT molecular complexity index is 1830. The molecule has 9 nitrogen and oxygen atoms in total. The van der Waals surface area contributed by atoms with Crippen LogP contribution < -0.4 is 20.6 Å². The molecule has 4 aliphatic rings. The molecular weight excluding hydrogens is 568 g/mol. The van der Waals surface area contributed by atoms with Crippen molar-refractivity contribution in [2.75, 3.05) is 38.2 Å². The summed E-state index contributed by atoms with van der Waals surface area (Å²) in [4.78, 5) is 26.6. The molecule has 0 spiro atoms. The first-order chi connectivity index (χ1) is 21.3. The van der Waals surface area contributed by atoms with Gasteiger partial charge in [-0.05, 0) is 62.2 Å². The van der Waals surface area contributed by atoms with Crippen LogP contribution in [0.3, 0.4) is 0 Å². The number of anilines is 1. The van der Waals surface area contributed by atoms with Crippen molar-refractivity contribution in [3.63, 3.8) is 0 Å². The SMILES string of the molecule is C#Cc1c(F)ccc2cc(O)cc(-c3cc4nc(OC)nc(N5CC6CCC(C5)N6)c4c(=O)o3)c12.FC1CC2CCCN2C1. The second kappa shape index (κ2) is 11.3. The van der Waals surface area contributed by atoms with E-state index in [-0.39, 0.29) is 34.0 Å². The van der Waals surface area contributed by atoms with Crippen molar-refractivity contribution in [1.29, 1.82) is 0 Å². The van der Waals surface area contributed by atoms with Crippen LogP contribution in [0.5, 0.6) is 11.8 Å². The van der Waals surface area contributed by atoms with E-state index < -0.39 is 17.6 Å². The number of alkyl halides is 1. The molecule has 0 radical (unpaired) electrons. The molecule has 0 amide bonds. The number of aromatic hydroxyl groups is 1. The van der Waals surface area contributed by atoms with Gasteiger partial charge in [0.25, 0.3) is 0 Å². The normalized spacial score (nSPS) is 24.3. The topological polar surface area (TPSA) is 104 Å². The smallest absolute Gasteiger partial charge is 0.349 e. The summed E-state index contributed by atoms with van der Waals surface area (Å²) in [5, 5.41) is 15.0. The van der Waals surface area contributed by atoms with Gasteiger partial charge in [0.05, 0.1) is 18.2 Å². The van der Waals surface area contributed by atoms with Crippen molar-refractivity contribution in [2.24, 2.45) is 0 Å². The number of benzene rings is 2. The van der Waals surface area contributed by atoms with E-state index in [0.717, 1.165) is 25.8 Å². The number of piperazine rings is 1. The Hall–Kier alpha value is -4.27. The van der Waals surface area contributed by atoms with E-state index in [0.29, 0.717) is 59.9 Å². The Morgan fingerprint density at radius 1 is 1.11 bits per heavy atom. The molecule has 6 heterocycles. The number of phenols is 1. The number of phenolic OH excluding ortho intramolecular Hbond substituents is 1. The summed E-state index contributed by atoms with van der Waals surface area (Å²) in [6.07, 6.45) is 10.5. The number of fused-ring (bicyclic) bond motifs is 5. The van der Waals surface area contributed by atoms with Gasteiger partial charge in [-0.15, -0.1) is 6.42 Å². The van der Waals surface area contributed by atoms with E-state index in [1.807, 2.05) is 0 Å². The molecule has 4 unspecified atom stereocenters. The summed E-state index contributed by atoms with van der Waals surface area (Å²) >= 11 is 0. The minimum atomic E-state index is -0.642. The molecule has 228 valence electrons. The van der Waals surface area contributed by atoms with Crippen LogP contribution in [0.4, 0.5) is 14.6 Å². The Morgan fingerprint density at radius 3 is 2.64 bits per heavy atom. The van der Waals surface area contributed by atoms with Gasteiger partial charge in [0, 0.05) is 54.8 Å². The van der Waals surface area contributed by atoms with Gasteiger partial charge in [0.1, 0.15) is 28.9 Å². The van der Waals surface area contributed by atoms with Gasteiger partial charge in [0.2, 0.25) is 0 Å². The van der Waals surface area contributed by atoms with Crippen molar-refractivity contribution in [3.8, 4) is 35.4 Å². The molecule has 4 atom stereocenters. The maximum atomic E-state index is 14.5. The summed E-state index contributed by atoms with van der Waals surface area (Å²) in [7, 11) is 1.46. The highest BCUT2D eigenvalue weighted by molar-refractivity contribution is 6.02. The predicted molar refractivity (Wildman–Crippen MR) is 163 cm³/mol. The van der Waals surface area contributed by atoms with Crippen LogP contribution in [0.15, 0.2) is 39.5 Å². The van der Waals surface area contributed by atoms with Gasteiger partial charge in [-0.1, -0.05) is 12.0 Å². The molecule has 4 saturated heterocycles. The number of methoxy groups -OCH3 is 1. The van der Waals surface area contributed by atoms with Crippen LogP contribution in [0.25, 0.3) is 33.0 Å². The van der Waals surface area contributed by atoms with Crippen molar-refractivity contribution in [1.82, 2.24) is 20.2 Å². The number of terminal acetylenes is 1. The minimum Gasteiger partial charge on any atom is -0.508 e. The fourth-order valence-corrected chi connectivity index (χ4v) is 7.26.